The number of hydrazone groups is 1. The standard InChI is InChI=1S/C17H17ClN4O2S/c1-10-7-8-13(9-16(10)22(23)24)12(3)20-21-17(25)19-15-6-4-5-14(18)11(15)2/h4-9H,1-3H3,(H2,19,21,25)/b20-12+. The number of nitro groups is 1. The van der Waals surface area contributed by atoms with E-state index in [4.69, 9.17) is 23.8 Å². The highest BCUT2D eigenvalue weighted by atomic mass is 35.5. The molecule has 0 aliphatic carbocycles. The van der Waals surface area contributed by atoms with Crippen molar-refractivity contribution in [2.75, 3.05) is 5.32 Å². The maximum absolute atomic E-state index is 11.0. The molecule has 0 aliphatic heterocycles. The summed E-state index contributed by atoms with van der Waals surface area (Å²) in [5.41, 5.74) is 6.28. The van der Waals surface area contributed by atoms with E-state index in [1.165, 1.54) is 6.07 Å². The van der Waals surface area contributed by atoms with E-state index in [0.29, 0.717) is 27.0 Å². The average molecular weight is 377 g/mol. The maximum atomic E-state index is 11.0. The number of nitrogens with one attached hydrogen (secondary N) is 2. The molecule has 2 rings (SSSR count). The van der Waals surface area contributed by atoms with Crippen LogP contribution in [0.4, 0.5) is 11.4 Å². The van der Waals surface area contributed by atoms with Crippen molar-refractivity contribution in [2.45, 2.75) is 20.8 Å². The van der Waals surface area contributed by atoms with Gasteiger partial charge in [0.1, 0.15) is 0 Å². The number of nitrogens with zero attached hydrogens (tertiary/aromatic N) is 2. The topological polar surface area (TPSA) is 79.6 Å². The van der Waals surface area contributed by atoms with E-state index in [0.717, 1.165) is 11.3 Å². The Labute approximate surface area is 156 Å². The van der Waals surface area contributed by atoms with Crippen molar-refractivity contribution in [3.8, 4) is 0 Å². The number of aryl methyl sites for hydroxylation is 1. The molecule has 0 bridgehead atoms. The molecule has 0 unspecified atom stereocenters. The Hall–Kier alpha value is -2.51. The number of anilines is 1. The lowest BCUT2D eigenvalue weighted by Gasteiger charge is -2.11. The predicted octanol–water partition coefficient (Wildman–Crippen LogP) is 4.58. The van der Waals surface area contributed by atoms with Gasteiger partial charge in [-0.25, -0.2) is 0 Å². The van der Waals surface area contributed by atoms with Crippen LogP contribution in [-0.2, 0) is 0 Å². The molecule has 0 spiro atoms. The first-order chi connectivity index (χ1) is 11.8. The van der Waals surface area contributed by atoms with E-state index in [1.807, 2.05) is 19.1 Å². The molecule has 0 saturated heterocycles. The van der Waals surface area contributed by atoms with Crippen LogP contribution in [0.1, 0.15) is 23.6 Å². The third-order valence-corrected chi connectivity index (χ3v) is 4.27. The Kier molecular flexibility index (Phi) is 6.06. The van der Waals surface area contributed by atoms with Gasteiger partial charge in [0.05, 0.1) is 10.6 Å². The molecule has 0 aliphatic rings. The van der Waals surface area contributed by atoms with Gasteiger partial charge in [-0.15, -0.1) is 0 Å². The second kappa shape index (κ2) is 8.04. The van der Waals surface area contributed by atoms with Crippen LogP contribution in [0.25, 0.3) is 0 Å². The fourth-order valence-electron chi connectivity index (χ4n) is 2.12. The van der Waals surface area contributed by atoms with Crippen molar-refractivity contribution in [1.29, 1.82) is 0 Å². The Balaban J connectivity index is 2.10. The van der Waals surface area contributed by atoms with E-state index in [2.05, 4.69) is 15.8 Å². The number of benzene rings is 2. The Morgan fingerprint density at radius 1 is 1.28 bits per heavy atom. The Morgan fingerprint density at radius 2 is 2.00 bits per heavy atom. The quantitative estimate of drug-likeness (QED) is 0.353. The molecule has 0 fully saturated rings. The molecule has 2 aromatic rings. The molecule has 6 nitrogen and oxygen atoms in total. The highest BCUT2D eigenvalue weighted by Gasteiger charge is 2.12. The fourth-order valence-corrected chi connectivity index (χ4v) is 2.45. The van der Waals surface area contributed by atoms with Crippen molar-refractivity contribution in [3.63, 3.8) is 0 Å². The van der Waals surface area contributed by atoms with Crippen molar-refractivity contribution in [2.24, 2.45) is 5.10 Å². The molecule has 2 N–H and O–H groups in total. The molecule has 0 heterocycles. The molecule has 0 aromatic heterocycles. The highest BCUT2D eigenvalue weighted by molar-refractivity contribution is 7.80. The molecule has 0 amide bonds. The van der Waals surface area contributed by atoms with E-state index in [1.54, 1.807) is 32.0 Å². The highest BCUT2D eigenvalue weighted by Crippen LogP contribution is 2.23. The number of rotatable bonds is 4. The zero-order chi connectivity index (χ0) is 18.6. The van der Waals surface area contributed by atoms with Crippen molar-refractivity contribution >= 4 is 46.0 Å². The first-order valence-electron chi connectivity index (χ1n) is 7.41. The zero-order valence-electron chi connectivity index (χ0n) is 14.0. The van der Waals surface area contributed by atoms with Crippen LogP contribution in [-0.4, -0.2) is 15.7 Å². The predicted molar refractivity (Wildman–Crippen MR) is 106 cm³/mol. The molecule has 0 saturated carbocycles. The molecular formula is C17H17ClN4O2S. The second-order valence-electron chi connectivity index (χ2n) is 5.43. The van der Waals surface area contributed by atoms with Crippen molar-refractivity contribution < 1.29 is 4.92 Å². The number of thiocarbonyl (C=S) groups is 1. The summed E-state index contributed by atoms with van der Waals surface area (Å²) in [5, 5.41) is 19.2. The number of nitro benzene ring substituents is 1. The summed E-state index contributed by atoms with van der Waals surface area (Å²) >= 11 is 11.3. The third-order valence-electron chi connectivity index (χ3n) is 3.66. The van der Waals surface area contributed by atoms with Gasteiger partial charge in [0.15, 0.2) is 5.11 Å². The van der Waals surface area contributed by atoms with Crippen LogP contribution < -0.4 is 10.7 Å². The summed E-state index contributed by atoms with van der Waals surface area (Å²) in [4.78, 5) is 10.6. The molecule has 130 valence electrons. The van der Waals surface area contributed by atoms with Crippen LogP contribution in [0.2, 0.25) is 5.02 Å². The Morgan fingerprint density at radius 3 is 2.68 bits per heavy atom. The zero-order valence-corrected chi connectivity index (χ0v) is 15.5. The van der Waals surface area contributed by atoms with Crippen molar-refractivity contribution in [1.82, 2.24) is 5.43 Å². The molecule has 2 aromatic carbocycles. The summed E-state index contributed by atoms with van der Waals surface area (Å²) in [6.07, 6.45) is 0. The second-order valence-corrected chi connectivity index (χ2v) is 6.25. The third kappa shape index (κ3) is 4.74. The van der Waals surface area contributed by atoms with Gasteiger partial charge < -0.3 is 5.32 Å². The van der Waals surface area contributed by atoms with Gasteiger partial charge in [0.2, 0.25) is 0 Å². The fraction of sp³-hybridized carbons (Fsp3) is 0.176. The molecule has 8 heteroatoms. The minimum atomic E-state index is -0.409. The van der Waals surface area contributed by atoms with Gasteiger partial charge in [-0.3, -0.25) is 15.5 Å². The Bertz CT molecular complexity index is 868. The van der Waals surface area contributed by atoms with Gasteiger partial charge in [-0.05, 0) is 50.7 Å². The monoisotopic (exact) mass is 376 g/mol. The van der Waals surface area contributed by atoms with Crippen molar-refractivity contribution in [3.05, 3.63) is 68.2 Å². The van der Waals surface area contributed by atoms with E-state index >= 15 is 0 Å². The number of hydrogen-bond acceptors (Lipinski definition) is 4. The summed E-state index contributed by atoms with van der Waals surface area (Å²) in [6, 6.07) is 10.4. The number of hydrogen-bond donors (Lipinski definition) is 2. The molecule has 25 heavy (non-hydrogen) atoms. The van der Waals surface area contributed by atoms with E-state index in [-0.39, 0.29) is 5.69 Å². The van der Waals surface area contributed by atoms with Crippen LogP contribution in [0.15, 0.2) is 41.5 Å². The molecule has 0 radical (unpaired) electrons. The maximum Gasteiger partial charge on any atom is 0.272 e. The van der Waals surface area contributed by atoms with Gasteiger partial charge in [-0.1, -0.05) is 29.8 Å². The SMILES string of the molecule is C/C(=N\NC(=S)Nc1cccc(Cl)c1C)c1ccc(C)c([N+](=O)[O-])c1. The lowest BCUT2D eigenvalue weighted by Crippen LogP contribution is -2.25. The van der Waals surface area contributed by atoms with Crippen LogP contribution in [0.5, 0.6) is 0 Å². The minimum absolute atomic E-state index is 0.0577. The van der Waals surface area contributed by atoms with Gasteiger partial charge in [-0.2, -0.15) is 5.10 Å². The minimum Gasteiger partial charge on any atom is -0.331 e. The normalized spacial score (nSPS) is 11.1. The first-order valence-corrected chi connectivity index (χ1v) is 8.20. The summed E-state index contributed by atoms with van der Waals surface area (Å²) < 4.78 is 0. The molecule has 0 atom stereocenters. The van der Waals surface area contributed by atoms with Gasteiger partial charge in [0.25, 0.3) is 5.69 Å². The number of halogens is 1. The van der Waals surface area contributed by atoms with Crippen LogP contribution in [0.3, 0.4) is 0 Å². The van der Waals surface area contributed by atoms with Crippen LogP contribution >= 0.6 is 23.8 Å². The average Bonchev–Trinajstić information content (AvgIpc) is 2.57. The lowest BCUT2D eigenvalue weighted by molar-refractivity contribution is -0.385. The smallest absolute Gasteiger partial charge is 0.272 e. The summed E-state index contributed by atoms with van der Waals surface area (Å²) in [5.74, 6) is 0. The lowest BCUT2D eigenvalue weighted by atomic mass is 10.1. The van der Waals surface area contributed by atoms with E-state index in [9.17, 15) is 10.1 Å². The molecular weight excluding hydrogens is 360 g/mol. The van der Waals surface area contributed by atoms with Gasteiger partial charge in [0, 0.05) is 27.9 Å². The summed E-state index contributed by atoms with van der Waals surface area (Å²) in [7, 11) is 0. The first kappa shape index (κ1) is 18.8. The van der Waals surface area contributed by atoms with E-state index < -0.39 is 4.92 Å². The largest absolute Gasteiger partial charge is 0.331 e. The van der Waals surface area contributed by atoms with Crippen LogP contribution in [0, 0.1) is 24.0 Å². The summed E-state index contributed by atoms with van der Waals surface area (Å²) in [6.45, 7) is 5.32. The van der Waals surface area contributed by atoms with Gasteiger partial charge >= 0.3 is 0 Å².